The first kappa shape index (κ1) is 18.3. The van der Waals surface area contributed by atoms with Crippen LogP contribution < -0.4 is 10.6 Å². The largest absolute Gasteiger partial charge is 0.381 e. The molecule has 0 atom stereocenters. The lowest BCUT2D eigenvalue weighted by molar-refractivity contribution is 0.0598. The van der Waals surface area contributed by atoms with Crippen molar-refractivity contribution in [1.82, 2.24) is 15.5 Å². The Morgan fingerprint density at radius 3 is 2.62 bits per heavy atom. The monoisotopic (exact) mass is 364 g/mol. The number of nitrogens with one attached hydrogen (secondary N) is 3. The van der Waals surface area contributed by atoms with Crippen LogP contribution in [0.3, 0.4) is 0 Å². The van der Waals surface area contributed by atoms with Crippen LogP contribution in [0.4, 0.5) is 14.5 Å². The lowest BCUT2D eigenvalue weighted by atomic mass is 9.93. The topological polar surface area (TPSA) is 79.0 Å². The summed E-state index contributed by atoms with van der Waals surface area (Å²) < 4.78 is 32.8. The Bertz CT molecular complexity index is 737. The Labute approximate surface area is 150 Å². The van der Waals surface area contributed by atoms with Gasteiger partial charge in [0, 0.05) is 25.3 Å². The normalized spacial score (nSPS) is 20.0. The summed E-state index contributed by atoms with van der Waals surface area (Å²) >= 11 is 0. The summed E-state index contributed by atoms with van der Waals surface area (Å²) in [5.41, 5.74) is 0.560. The molecule has 1 fully saturated rings. The molecule has 1 aliphatic carbocycles. The van der Waals surface area contributed by atoms with Gasteiger partial charge >= 0.3 is 0 Å². The third-order valence-electron chi connectivity index (χ3n) is 4.73. The highest BCUT2D eigenvalue weighted by Gasteiger charge is 2.24. The van der Waals surface area contributed by atoms with E-state index < -0.39 is 11.6 Å². The molecule has 0 saturated heterocycles. The Morgan fingerprint density at radius 2 is 1.96 bits per heavy atom. The molecule has 3 rings (SSSR count). The minimum Gasteiger partial charge on any atom is -0.381 e. The fourth-order valence-electron chi connectivity index (χ4n) is 3.18. The molecule has 6 nitrogen and oxygen atoms in total. The standard InChI is InChI=1S/C18H22F2N4O2/c1-26-12-7-5-11(6-8-12)23-18(25)17-16(10-22-24-17)21-9-13-14(19)3-2-4-15(13)20/h2-4,10-12,21H,5-9H2,1H3,(H,22,24)(H,23,25). The summed E-state index contributed by atoms with van der Waals surface area (Å²) in [6.07, 6.45) is 5.19. The van der Waals surface area contributed by atoms with E-state index in [2.05, 4.69) is 20.8 Å². The number of aromatic amines is 1. The van der Waals surface area contributed by atoms with E-state index in [1.54, 1.807) is 7.11 Å². The first-order chi connectivity index (χ1) is 12.6. The zero-order valence-corrected chi connectivity index (χ0v) is 14.5. The predicted molar refractivity (Wildman–Crippen MR) is 92.8 cm³/mol. The maximum atomic E-state index is 13.7. The molecule has 1 heterocycles. The third-order valence-corrected chi connectivity index (χ3v) is 4.73. The molecule has 0 bridgehead atoms. The minimum atomic E-state index is -0.637. The summed E-state index contributed by atoms with van der Waals surface area (Å²) in [5, 5.41) is 12.4. The number of benzene rings is 1. The van der Waals surface area contributed by atoms with Gasteiger partial charge in [0.2, 0.25) is 0 Å². The summed E-state index contributed by atoms with van der Waals surface area (Å²) in [7, 11) is 1.70. The van der Waals surface area contributed by atoms with Crippen molar-refractivity contribution >= 4 is 11.6 Å². The molecule has 1 aromatic carbocycles. The highest BCUT2D eigenvalue weighted by molar-refractivity contribution is 5.97. The molecule has 8 heteroatoms. The van der Waals surface area contributed by atoms with Crippen molar-refractivity contribution in [3.63, 3.8) is 0 Å². The molecule has 2 aromatic rings. The molecule has 1 aliphatic rings. The van der Waals surface area contributed by atoms with Gasteiger partial charge in [-0.25, -0.2) is 8.78 Å². The Kier molecular flexibility index (Phi) is 5.82. The zero-order valence-electron chi connectivity index (χ0n) is 14.5. The van der Waals surface area contributed by atoms with Crippen molar-refractivity contribution in [1.29, 1.82) is 0 Å². The second kappa shape index (κ2) is 8.27. The summed E-state index contributed by atoms with van der Waals surface area (Å²) in [6, 6.07) is 3.77. The lowest BCUT2D eigenvalue weighted by Crippen LogP contribution is -2.39. The Hall–Kier alpha value is -2.48. The van der Waals surface area contributed by atoms with Gasteiger partial charge < -0.3 is 15.4 Å². The minimum absolute atomic E-state index is 0.0778. The van der Waals surface area contributed by atoms with Crippen LogP contribution in [0.15, 0.2) is 24.4 Å². The van der Waals surface area contributed by atoms with E-state index in [0.717, 1.165) is 25.7 Å². The maximum Gasteiger partial charge on any atom is 0.271 e. The number of carbonyl (C=O) groups excluding carboxylic acids is 1. The number of anilines is 1. The van der Waals surface area contributed by atoms with Crippen molar-refractivity contribution in [3.8, 4) is 0 Å². The van der Waals surface area contributed by atoms with E-state index in [9.17, 15) is 13.6 Å². The van der Waals surface area contributed by atoms with Gasteiger partial charge in [-0.2, -0.15) is 5.10 Å². The smallest absolute Gasteiger partial charge is 0.271 e. The molecule has 3 N–H and O–H groups in total. The van der Waals surface area contributed by atoms with Gasteiger partial charge in [0.15, 0.2) is 0 Å². The number of amides is 1. The molecule has 1 aromatic heterocycles. The van der Waals surface area contributed by atoms with Gasteiger partial charge in [-0.05, 0) is 37.8 Å². The highest BCUT2D eigenvalue weighted by atomic mass is 19.1. The quantitative estimate of drug-likeness (QED) is 0.736. The number of halogens is 2. The van der Waals surface area contributed by atoms with Crippen molar-refractivity contribution in [2.45, 2.75) is 44.4 Å². The molecule has 0 unspecified atom stereocenters. The molecular weight excluding hydrogens is 342 g/mol. The first-order valence-electron chi connectivity index (χ1n) is 8.62. The van der Waals surface area contributed by atoms with E-state index in [1.165, 1.54) is 24.4 Å². The fourth-order valence-corrected chi connectivity index (χ4v) is 3.18. The highest BCUT2D eigenvalue weighted by Crippen LogP contribution is 2.22. The van der Waals surface area contributed by atoms with Crippen molar-refractivity contribution in [2.24, 2.45) is 0 Å². The van der Waals surface area contributed by atoms with Gasteiger partial charge in [0.05, 0.1) is 18.0 Å². The fraction of sp³-hybridized carbons (Fsp3) is 0.444. The van der Waals surface area contributed by atoms with Gasteiger partial charge in [0.25, 0.3) is 5.91 Å². The Morgan fingerprint density at radius 1 is 1.27 bits per heavy atom. The maximum absolute atomic E-state index is 13.7. The number of ether oxygens (including phenoxy) is 1. The number of nitrogens with zero attached hydrogens (tertiary/aromatic N) is 1. The molecular formula is C18H22F2N4O2. The number of H-pyrrole nitrogens is 1. The number of rotatable bonds is 6. The van der Waals surface area contributed by atoms with Crippen LogP contribution in [0.1, 0.15) is 41.7 Å². The van der Waals surface area contributed by atoms with Crippen LogP contribution in [0, 0.1) is 11.6 Å². The zero-order chi connectivity index (χ0) is 18.5. The molecule has 1 amide bonds. The summed E-state index contributed by atoms with van der Waals surface area (Å²) in [6.45, 7) is -0.0860. The van der Waals surface area contributed by atoms with E-state index >= 15 is 0 Å². The Balaban J connectivity index is 1.60. The SMILES string of the molecule is COC1CCC(NC(=O)c2[nH]ncc2NCc2c(F)cccc2F)CC1. The van der Waals surface area contributed by atoms with Crippen molar-refractivity contribution in [2.75, 3.05) is 12.4 Å². The van der Waals surface area contributed by atoms with Gasteiger partial charge in [-0.15, -0.1) is 0 Å². The molecule has 0 aliphatic heterocycles. The molecule has 0 spiro atoms. The predicted octanol–water partition coefficient (Wildman–Crippen LogP) is 2.99. The second-order valence-electron chi connectivity index (χ2n) is 6.40. The molecule has 1 saturated carbocycles. The van der Waals surface area contributed by atoms with Crippen LogP contribution >= 0.6 is 0 Å². The van der Waals surface area contributed by atoms with Crippen LogP contribution in [-0.2, 0) is 11.3 Å². The number of carbonyl (C=O) groups is 1. The van der Waals surface area contributed by atoms with E-state index in [4.69, 9.17) is 4.74 Å². The molecule has 26 heavy (non-hydrogen) atoms. The van der Waals surface area contributed by atoms with Crippen LogP contribution in [0.2, 0.25) is 0 Å². The van der Waals surface area contributed by atoms with E-state index in [1.807, 2.05) is 0 Å². The van der Waals surface area contributed by atoms with Gasteiger partial charge in [0.1, 0.15) is 17.3 Å². The summed E-state index contributed by atoms with van der Waals surface area (Å²) in [4.78, 5) is 12.5. The van der Waals surface area contributed by atoms with Crippen LogP contribution in [0.25, 0.3) is 0 Å². The molecule has 140 valence electrons. The lowest BCUT2D eigenvalue weighted by Gasteiger charge is -2.28. The van der Waals surface area contributed by atoms with Crippen molar-refractivity contribution in [3.05, 3.63) is 47.3 Å². The number of hydrogen-bond donors (Lipinski definition) is 3. The number of hydrogen-bond acceptors (Lipinski definition) is 4. The number of methoxy groups -OCH3 is 1. The van der Waals surface area contributed by atoms with Crippen molar-refractivity contribution < 1.29 is 18.3 Å². The van der Waals surface area contributed by atoms with Gasteiger partial charge in [-0.1, -0.05) is 6.07 Å². The average molecular weight is 364 g/mol. The van der Waals surface area contributed by atoms with E-state index in [-0.39, 0.29) is 35.9 Å². The first-order valence-corrected chi connectivity index (χ1v) is 8.62. The van der Waals surface area contributed by atoms with Gasteiger partial charge in [-0.3, -0.25) is 9.89 Å². The number of aromatic nitrogens is 2. The summed E-state index contributed by atoms with van der Waals surface area (Å²) in [5.74, 6) is -1.57. The molecule has 0 radical (unpaired) electrons. The van der Waals surface area contributed by atoms with Crippen LogP contribution in [0.5, 0.6) is 0 Å². The second-order valence-corrected chi connectivity index (χ2v) is 6.40. The van der Waals surface area contributed by atoms with Crippen LogP contribution in [-0.4, -0.2) is 35.4 Å². The van der Waals surface area contributed by atoms with E-state index in [0.29, 0.717) is 5.69 Å². The average Bonchev–Trinajstić information content (AvgIpc) is 3.11. The third kappa shape index (κ3) is 4.19.